The molecule has 1 aromatic heterocycles. The molecule has 0 aromatic carbocycles. The Hall–Kier alpha value is -1.79. The summed E-state index contributed by atoms with van der Waals surface area (Å²) in [6.07, 6.45) is -0.957. The number of rotatable bonds is 4. The number of hydrazone groups is 1. The lowest BCUT2D eigenvalue weighted by molar-refractivity contribution is -0.0519. The van der Waals surface area contributed by atoms with Crippen LogP contribution in [0.2, 0.25) is 0 Å². The number of fused-ring (bicyclic) bond motifs is 1. The number of thiocarbonyl (C=S) groups is 1. The van der Waals surface area contributed by atoms with Crippen molar-refractivity contribution in [1.82, 2.24) is 19.5 Å². The zero-order chi connectivity index (χ0) is 17.4. The first-order valence-corrected chi connectivity index (χ1v) is 7.80. The van der Waals surface area contributed by atoms with Gasteiger partial charge in [0.2, 0.25) is 0 Å². The lowest BCUT2D eigenvalue weighted by Crippen LogP contribution is -2.38. The number of hydrogen-bond donors (Lipinski definition) is 4. The highest BCUT2D eigenvalue weighted by Gasteiger charge is 2.44. The maximum Gasteiger partial charge on any atom is 0.165 e. The molecule has 1 fully saturated rings. The summed E-state index contributed by atoms with van der Waals surface area (Å²) in [7, 11) is 3.71. The van der Waals surface area contributed by atoms with Crippen LogP contribution in [0, 0.1) is 0 Å². The highest BCUT2D eigenvalue weighted by atomic mass is 32.1. The predicted molar refractivity (Wildman–Crippen MR) is 89.4 cm³/mol. The van der Waals surface area contributed by atoms with Crippen molar-refractivity contribution < 1.29 is 20.1 Å². The number of hydrogen-bond acceptors (Lipinski definition) is 8. The zero-order valence-corrected chi connectivity index (χ0v) is 14.1. The van der Waals surface area contributed by atoms with Crippen molar-refractivity contribution in [3.63, 3.8) is 0 Å². The van der Waals surface area contributed by atoms with E-state index in [0.29, 0.717) is 23.2 Å². The Morgan fingerprint density at radius 1 is 1.50 bits per heavy atom. The fraction of sp³-hybridized carbons (Fsp3) is 0.615. The molecule has 4 atom stereocenters. The number of anilines is 1. The Balaban J connectivity index is 1.84. The van der Waals surface area contributed by atoms with Gasteiger partial charge in [0.25, 0.3) is 0 Å². The smallest absolute Gasteiger partial charge is 0.165 e. The van der Waals surface area contributed by atoms with E-state index in [1.807, 2.05) is 14.1 Å². The third kappa shape index (κ3) is 2.84. The molecule has 0 bridgehead atoms. The molecule has 0 amide bonds. The average Bonchev–Trinajstić information content (AvgIpc) is 3.09. The minimum absolute atomic E-state index is 0.330. The van der Waals surface area contributed by atoms with Gasteiger partial charge >= 0.3 is 0 Å². The zero-order valence-electron chi connectivity index (χ0n) is 13.3. The molecule has 3 rings (SSSR count). The van der Waals surface area contributed by atoms with Gasteiger partial charge in [-0.1, -0.05) is 12.2 Å². The van der Waals surface area contributed by atoms with Gasteiger partial charge < -0.3 is 30.3 Å². The van der Waals surface area contributed by atoms with Crippen LogP contribution < -0.4 is 5.32 Å². The highest BCUT2D eigenvalue weighted by molar-refractivity contribution is 7.80. The van der Waals surface area contributed by atoms with Crippen molar-refractivity contribution in [1.29, 1.82) is 0 Å². The van der Waals surface area contributed by atoms with Gasteiger partial charge in [-0.25, -0.2) is 9.99 Å². The summed E-state index contributed by atoms with van der Waals surface area (Å²) in [5, 5.41) is 38.2. The molecule has 3 heterocycles. The first-order chi connectivity index (χ1) is 11.4. The fourth-order valence-electron chi connectivity index (χ4n) is 2.60. The molecule has 2 aliphatic rings. The molecular weight excluding hydrogens is 336 g/mol. The number of imidazole rings is 1. The van der Waals surface area contributed by atoms with Gasteiger partial charge in [0.05, 0.1) is 12.9 Å². The molecule has 0 spiro atoms. The second-order valence-corrected chi connectivity index (χ2v) is 6.20. The van der Waals surface area contributed by atoms with E-state index in [4.69, 9.17) is 17.0 Å². The topological polar surface area (TPSA) is 119 Å². The van der Waals surface area contributed by atoms with E-state index in [9.17, 15) is 15.3 Å². The average molecular weight is 356 g/mol. The third-order valence-electron chi connectivity index (χ3n) is 3.84. The Morgan fingerprint density at radius 3 is 2.88 bits per heavy atom. The SMILES string of the molecule is CN(C)/C=N/N1CNc2c(ncn2[C@@H]2O[C@H](CO)[C@@H](O)[C@H]2O)C1=S. The number of ether oxygens (including phenoxy) is 1. The molecule has 0 radical (unpaired) electrons. The first-order valence-electron chi connectivity index (χ1n) is 7.39. The monoisotopic (exact) mass is 356 g/mol. The summed E-state index contributed by atoms with van der Waals surface area (Å²) in [5.74, 6) is 0.575. The number of aliphatic hydroxyl groups excluding tert-OH is 3. The second-order valence-electron chi connectivity index (χ2n) is 5.81. The van der Waals surface area contributed by atoms with Gasteiger partial charge in [-0.15, -0.1) is 0 Å². The highest BCUT2D eigenvalue weighted by Crippen LogP contribution is 2.34. The minimum Gasteiger partial charge on any atom is -0.394 e. The minimum atomic E-state index is -1.18. The molecule has 11 heteroatoms. The van der Waals surface area contributed by atoms with Crippen LogP contribution in [0.1, 0.15) is 11.9 Å². The van der Waals surface area contributed by atoms with Crippen LogP contribution in [0.5, 0.6) is 0 Å². The second kappa shape index (κ2) is 6.61. The maximum atomic E-state index is 10.2. The molecule has 10 nitrogen and oxygen atoms in total. The number of nitrogens with zero attached hydrogens (tertiary/aromatic N) is 5. The summed E-state index contributed by atoms with van der Waals surface area (Å²) in [4.78, 5) is 6.49. The van der Waals surface area contributed by atoms with Crippen LogP contribution in [0.3, 0.4) is 0 Å². The van der Waals surface area contributed by atoms with Crippen LogP contribution in [0.15, 0.2) is 11.4 Å². The third-order valence-corrected chi connectivity index (χ3v) is 4.24. The summed E-state index contributed by atoms with van der Waals surface area (Å²) in [5.41, 5.74) is 0.505. The van der Waals surface area contributed by atoms with Crippen molar-refractivity contribution >= 4 is 29.4 Å². The normalized spacial score (nSPS) is 29.9. The van der Waals surface area contributed by atoms with Crippen LogP contribution >= 0.6 is 12.2 Å². The van der Waals surface area contributed by atoms with Gasteiger partial charge in [0.1, 0.15) is 42.8 Å². The molecule has 24 heavy (non-hydrogen) atoms. The van der Waals surface area contributed by atoms with Crippen molar-refractivity contribution in [2.45, 2.75) is 24.5 Å². The van der Waals surface area contributed by atoms with E-state index < -0.39 is 24.5 Å². The molecule has 132 valence electrons. The number of aliphatic hydroxyl groups is 3. The largest absolute Gasteiger partial charge is 0.394 e. The first kappa shape index (κ1) is 17.0. The molecule has 1 saturated heterocycles. The van der Waals surface area contributed by atoms with E-state index in [1.165, 1.54) is 6.33 Å². The molecular formula is C13H20N6O4S. The van der Waals surface area contributed by atoms with E-state index >= 15 is 0 Å². The molecule has 2 aliphatic heterocycles. The van der Waals surface area contributed by atoms with Gasteiger partial charge in [-0.3, -0.25) is 4.57 Å². The summed E-state index contributed by atoms with van der Waals surface area (Å²) < 4.78 is 7.09. The van der Waals surface area contributed by atoms with Gasteiger partial charge in [0, 0.05) is 14.1 Å². The standard InChI is InChI=1S/C13H20N6O4S/c1-17(2)6-16-19-5-15-11-8(13(19)24)14-4-18(11)12-10(22)9(21)7(3-20)23-12/h4,6-7,9-10,12,15,20-22H,3,5H2,1-2H3/b16-6+/t7-,9-,10-,12-/m1/s1. The lowest BCUT2D eigenvalue weighted by atomic mass is 10.1. The number of aromatic nitrogens is 2. The van der Waals surface area contributed by atoms with E-state index in [2.05, 4.69) is 15.4 Å². The Labute approximate surface area is 143 Å². The van der Waals surface area contributed by atoms with Crippen molar-refractivity contribution in [3.05, 3.63) is 12.0 Å². The fourth-order valence-corrected chi connectivity index (χ4v) is 2.86. The van der Waals surface area contributed by atoms with Gasteiger partial charge in [-0.05, 0) is 0 Å². The lowest BCUT2D eigenvalue weighted by Gasteiger charge is -2.28. The van der Waals surface area contributed by atoms with Crippen LogP contribution in [-0.4, -0.2) is 91.8 Å². The van der Waals surface area contributed by atoms with Crippen LogP contribution in [0.4, 0.5) is 5.82 Å². The van der Waals surface area contributed by atoms with Crippen LogP contribution in [-0.2, 0) is 4.74 Å². The Bertz CT molecular complexity index is 650. The summed E-state index contributed by atoms with van der Waals surface area (Å²) in [6, 6.07) is 0. The number of nitrogens with one attached hydrogen (secondary N) is 1. The van der Waals surface area contributed by atoms with Crippen molar-refractivity contribution in [3.8, 4) is 0 Å². The van der Waals surface area contributed by atoms with E-state index in [0.717, 1.165) is 0 Å². The molecule has 4 N–H and O–H groups in total. The van der Waals surface area contributed by atoms with E-state index in [-0.39, 0.29) is 6.61 Å². The molecule has 1 aromatic rings. The predicted octanol–water partition coefficient (Wildman–Crippen LogP) is -1.64. The Kier molecular flexibility index (Phi) is 4.69. The van der Waals surface area contributed by atoms with Gasteiger partial charge in [-0.2, -0.15) is 5.10 Å². The van der Waals surface area contributed by atoms with Crippen molar-refractivity contribution in [2.75, 3.05) is 32.7 Å². The van der Waals surface area contributed by atoms with E-state index in [1.54, 1.807) is 20.8 Å². The quantitative estimate of drug-likeness (QED) is 0.286. The Morgan fingerprint density at radius 2 is 2.25 bits per heavy atom. The van der Waals surface area contributed by atoms with Gasteiger partial charge in [0.15, 0.2) is 11.2 Å². The summed E-state index contributed by atoms with van der Waals surface area (Å²) in [6.45, 7) is -0.0544. The van der Waals surface area contributed by atoms with Crippen molar-refractivity contribution in [2.24, 2.45) is 5.10 Å². The summed E-state index contributed by atoms with van der Waals surface area (Å²) >= 11 is 5.41. The van der Waals surface area contributed by atoms with Crippen LogP contribution in [0.25, 0.3) is 0 Å². The molecule has 0 saturated carbocycles. The molecule has 0 aliphatic carbocycles. The molecule has 0 unspecified atom stereocenters. The maximum absolute atomic E-state index is 10.2.